The number of ether oxygens (including phenoxy) is 2. The number of rotatable bonds is 10. The smallest absolute Gasteiger partial charge is 0.312 e. The summed E-state index contributed by atoms with van der Waals surface area (Å²) in [7, 11) is 5.57. The Morgan fingerprint density at radius 3 is 2.73 bits per heavy atom. The number of methoxy groups -OCH3 is 1. The zero-order valence-electron chi connectivity index (χ0n) is 15.2. The summed E-state index contributed by atoms with van der Waals surface area (Å²) in [6.07, 6.45) is 1.21. The van der Waals surface area contributed by atoms with Crippen LogP contribution in [-0.4, -0.2) is 50.3 Å². The first kappa shape index (κ1) is 20.6. The number of thiophene rings is 1. The maximum Gasteiger partial charge on any atom is 0.312 e. The van der Waals surface area contributed by atoms with E-state index in [0.717, 1.165) is 23.4 Å². The summed E-state index contributed by atoms with van der Waals surface area (Å²) < 4.78 is 11.2. The summed E-state index contributed by atoms with van der Waals surface area (Å²) in [4.78, 5) is 14.6. The Kier molecular flexibility index (Phi) is 7.75. The molecule has 142 valence electrons. The number of benzene rings is 1. The van der Waals surface area contributed by atoms with Crippen molar-refractivity contribution in [1.29, 1.82) is 0 Å². The highest BCUT2D eigenvalue weighted by Crippen LogP contribution is 2.38. The lowest BCUT2D eigenvalue weighted by molar-refractivity contribution is -0.138. The van der Waals surface area contributed by atoms with Gasteiger partial charge in [0.1, 0.15) is 0 Å². The molecule has 0 radical (unpaired) electrons. The number of hydrogen-bond donors (Lipinski definition) is 1. The first-order valence-electron chi connectivity index (χ1n) is 8.32. The van der Waals surface area contributed by atoms with Crippen LogP contribution in [0.1, 0.15) is 22.8 Å². The fraction of sp³-hybridized carbons (Fsp3) is 0.421. The molecule has 0 saturated heterocycles. The van der Waals surface area contributed by atoms with Gasteiger partial charge in [0.05, 0.1) is 24.7 Å². The van der Waals surface area contributed by atoms with Crippen molar-refractivity contribution in [2.24, 2.45) is 0 Å². The maximum absolute atomic E-state index is 11.7. The standard InChI is InChI=1S/C19H24ClNO4S/c1-21(2)7-5-8-25-18-15(20)11-13(12-16(18)24-3)10-14(19(22)23)17-6-4-9-26-17/h4,6,9,11-12,14H,5,7-8,10H2,1-3H3,(H,22,23). The topological polar surface area (TPSA) is 59.0 Å². The Bertz CT molecular complexity index is 719. The number of carboxylic acid groups (broad SMARTS) is 1. The Labute approximate surface area is 163 Å². The van der Waals surface area contributed by atoms with Crippen LogP contribution in [-0.2, 0) is 11.2 Å². The van der Waals surface area contributed by atoms with E-state index in [9.17, 15) is 9.90 Å². The fourth-order valence-corrected chi connectivity index (χ4v) is 3.73. The van der Waals surface area contributed by atoms with Crippen molar-refractivity contribution in [2.75, 3.05) is 34.4 Å². The van der Waals surface area contributed by atoms with Crippen LogP contribution < -0.4 is 9.47 Å². The van der Waals surface area contributed by atoms with Gasteiger partial charge in [0.25, 0.3) is 0 Å². The molecule has 1 N–H and O–H groups in total. The summed E-state index contributed by atoms with van der Waals surface area (Å²) in [6.45, 7) is 1.44. The van der Waals surface area contributed by atoms with Crippen LogP contribution in [0.15, 0.2) is 29.6 Å². The van der Waals surface area contributed by atoms with Gasteiger partial charge in [-0.2, -0.15) is 0 Å². The van der Waals surface area contributed by atoms with Gasteiger partial charge in [-0.05, 0) is 56.1 Å². The number of nitrogens with zero attached hydrogens (tertiary/aromatic N) is 1. The van der Waals surface area contributed by atoms with Gasteiger partial charge in [-0.25, -0.2) is 0 Å². The maximum atomic E-state index is 11.7. The molecule has 1 aromatic heterocycles. The highest BCUT2D eigenvalue weighted by molar-refractivity contribution is 7.10. The third-order valence-corrected chi connectivity index (χ3v) is 5.18. The summed E-state index contributed by atoms with van der Waals surface area (Å²) in [5.41, 5.74) is 0.799. The number of carboxylic acids is 1. The molecule has 2 aromatic rings. The summed E-state index contributed by atoms with van der Waals surface area (Å²) in [5.74, 6) is -0.443. The number of aliphatic carboxylic acids is 1. The van der Waals surface area contributed by atoms with Gasteiger partial charge in [-0.3, -0.25) is 4.79 Å². The number of hydrogen-bond acceptors (Lipinski definition) is 5. The minimum Gasteiger partial charge on any atom is -0.493 e. The molecule has 0 aliphatic carbocycles. The van der Waals surface area contributed by atoms with Gasteiger partial charge in [-0.1, -0.05) is 17.7 Å². The number of carbonyl (C=O) groups is 1. The van der Waals surface area contributed by atoms with Crippen molar-refractivity contribution >= 4 is 28.9 Å². The molecule has 0 spiro atoms. The monoisotopic (exact) mass is 397 g/mol. The Morgan fingerprint density at radius 2 is 2.15 bits per heavy atom. The SMILES string of the molecule is COc1cc(CC(C(=O)O)c2cccs2)cc(Cl)c1OCCCN(C)C. The third kappa shape index (κ3) is 5.62. The predicted octanol–water partition coefficient (Wildman–Crippen LogP) is 4.15. The minimum absolute atomic E-state index is 0.340. The molecule has 0 bridgehead atoms. The van der Waals surface area contributed by atoms with Crippen LogP contribution in [0.2, 0.25) is 5.02 Å². The van der Waals surface area contributed by atoms with Crippen molar-refractivity contribution in [3.8, 4) is 11.5 Å². The van der Waals surface area contributed by atoms with E-state index in [4.69, 9.17) is 21.1 Å². The summed E-state index contributed by atoms with van der Waals surface area (Å²) in [6, 6.07) is 7.25. The van der Waals surface area contributed by atoms with E-state index in [0.29, 0.717) is 29.5 Å². The molecule has 0 aliphatic rings. The Balaban J connectivity index is 2.15. The minimum atomic E-state index is -0.855. The summed E-state index contributed by atoms with van der Waals surface area (Å²) >= 11 is 7.82. The highest BCUT2D eigenvalue weighted by atomic mass is 35.5. The molecule has 0 amide bonds. The molecule has 1 unspecified atom stereocenters. The average molecular weight is 398 g/mol. The zero-order valence-corrected chi connectivity index (χ0v) is 16.8. The lowest BCUT2D eigenvalue weighted by Crippen LogP contribution is -2.16. The van der Waals surface area contributed by atoms with Crippen LogP contribution in [0.3, 0.4) is 0 Å². The van der Waals surface area contributed by atoms with E-state index in [2.05, 4.69) is 4.90 Å². The van der Waals surface area contributed by atoms with E-state index >= 15 is 0 Å². The van der Waals surface area contributed by atoms with E-state index in [1.54, 1.807) is 19.2 Å². The van der Waals surface area contributed by atoms with Crippen molar-refractivity contribution in [1.82, 2.24) is 4.90 Å². The van der Waals surface area contributed by atoms with Crippen molar-refractivity contribution in [2.45, 2.75) is 18.8 Å². The molecule has 5 nitrogen and oxygen atoms in total. The molecule has 1 aromatic carbocycles. The first-order chi connectivity index (χ1) is 12.4. The van der Waals surface area contributed by atoms with Gasteiger partial charge in [0, 0.05) is 11.4 Å². The molecule has 0 fully saturated rings. The van der Waals surface area contributed by atoms with E-state index in [-0.39, 0.29) is 0 Å². The molecular formula is C19H24ClNO4S. The van der Waals surface area contributed by atoms with Crippen LogP contribution in [0.25, 0.3) is 0 Å². The lowest BCUT2D eigenvalue weighted by atomic mass is 9.97. The second-order valence-electron chi connectivity index (χ2n) is 6.22. The molecule has 1 heterocycles. The Hall–Kier alpha value is -1.76. The van der Waals surface area contributed by atoms with Crippen molar-refractivity contribution in [3.05, 3.63) is 45.1 Å². The quantitative estimate of drug-likeness (QED) is 0.610. The van der Waals surface area contributed by atoms with Crippen LogP contribution >= 0.6 is 22.9 Å². The van der Waals surface area contributed by atoms with Crippen LogP contribution in [0, 0.1) is 0 Å². The largest absolute Gasteiger partial charge is 0.493 e. The molecular weight excluding hydrogens is 374 g/mol. The second-order valence-corrected chi connectivity index (χ2v) is 7.61. The van der Waals surface area contributed by atoms with Crippen LogP contribution in [0.5, 0.6) is 11.5 Å². The predicted molar refractivity (Wildman–Crippen MR) is 105 cm³/mol. The number of halogens is 1. The Morgan fingerprint density at radius 1 is 1.38 bits per heavy atom. The molecule has 0 aliphatic heterocycles. The fourth-order valence-electron chi connectivity index (χ4n) is 2.62. The molecule has 1 atom stereocenters. The summed E-state index contributed by atoms with van der Waals surface area (Å²) in [5, 5.41) is 11.9. The normalized spacial score (nSPS) is 12.2. The highest BCUT2D eigenvalue weighted by Gasteiger charge is 2.23. The third-order valence-electron chi connectivity index (χ3n) is 3.91. The van der Waals surface area contributed by atoms with Crippen molar-refractivity contribution in [3.63, 3.8) is 0 Å². The average Bonchev–Trinajstić information content (AvgIpc) is 3.11. The van der Waals surface area contributed by atoms with Gasteiger partial charge in [-0.15, -0.1) is 11.3 Å². The molecule has 2 rings (SSSR count). The van der Waals surface area contributed by atoms with Gasteiger partial charge in [0.15, 0.2) is 11.5 Å². The van der Waals surface area contributed by atoms with Gasteiger partial charge >= 0.3 is 5.97 Å². The van der Waals surface area contributed by atoms with Gasteiger partial charge < -0.3 is 19.5 Å². The lowest BCUT2D eigenvalue weighted by Gasteiger charge is -2.16. The van der Waals surface area contributed by atoms with Gasteiger partial charge in [0.2, 0.25) is 0 Å². The van der Waals surface area contributed by atoms with E-state index in [1.807, 2.05) is 31.6 Å². The van der Waals surface area contributed by atoms with Crippen molar-refractivity contribution < 1.29 is 19.4 Å². The molecule has 7 heteroatoms. The molecule has 26 heavy (non-hydrogen) atoms. The second kappa shape index (κ2) is 9.80. The van der Waals surface area contributed by atoms with E-state index < -0.39 is 11.9 Å². The zero-order chi connectivity index (χ0) is 19.1. The molecule has 0 saturated carbocycles. The van der Waals surface area contributed by atoms with E-state index in [1.165, 1.54) is 11.3 Å². The first-order valence-corrected chi connectivity index (χ1v) is 9.58. The van der Waals surface area contributed by atoms with Crippen LogP contribution in [0.4, 0.5) is 0 Å².